The van der Waals surface area contributed by atoms with Crippen molar-refractivity contribution >= 4 is 5.91 Å². The lowest BCUT2D eigenvalue weighted by Crippen LogP contribution is -2.34. The minimum atomic E-state index is -0.0781. The number of nitrogens with zero attached hydrogens (tertiary/aromatic N) is 4. The van der Waals surface area contributed by atoms with E-state index in [0.29, 0.717) is 18.3 Å². The van der Waals surface area contributed by atoms with Gasteiger partial charge in [0.2, 0.25) is 0 Å². The number of ether oxygens (including phenoxy) is 1. The highest BCUT2D eigenvalue weighted by atomic mass is 16.5. The van der Waals surface area contributed by atoms with Crippen LogP contribution < -0.4 is 5.32 Å². The van der Waals surface area contributed by atoms with E-state index in [2.05, 4.69) is 15.6 Å². The van der Waals surface area contributed by atoms with Crippen molar-refractivity contribution in [2.45, 2.75) is 37.8 Å². The second-order valence-electron chi connectivity index (χ2n) is 5.89. The molecule has 0 aromatic carbocycles. The fourth-order valence-corrected chi connectivity index (χ4v) is 3.00. The van der Waals surface area contributed by atoms with Crippen molar-refractivity contribution in [3.63, 3.8) is 0 Å². The molecule has 116 valence electrons. The summed E-state index contributed by atoms with van der Waals surface area (Å²) in [6, 6.07) is 0.351. The van der Waals surface area contributed by atoms with Crippen LogP contribution in [0.4, 0.5) is 0 Å². The molecule has 7 heteroatoms. The summed E-state index contributed by atoms with van der Waals surface area (Å²) in [6.07, 6.45) is 6.12. The number of likely N-dealkylation sites (N-methyl/N-ethyl adjacent to an activating group) is 1. The molecular weight excluding hydrogens is 270 g/mol. The first-order valence-corrected chi connectivity index (χ1v) is 7.73. The zero-order valence-electron chi connectivity index (χ0n) is 12.5. The normalized spacial score (nSPS) is 23.4. The summed E-state index contributed by atoms with van der Waals surface area (Å²) in [7, 11) is 1.80. The molecule has 1 aromatic rings. The second kappa shape index (κ2) is 6.53. The monoisotopic (exact) mass is 293 g/mol. The highest BCUT2D eigenvalue weighted by Gasteiger charge is 2.24. The van der Waals surface area contributed by atoms with Crippen molar-refractivity contribution in [1.29, 1.82) is 0 Å². The Labute approximate surface area is 124 Å². The lowest BCUT2D eigenvalue weighted by atomic mass is 10.1. The molecule has 0 spiro atoms. The topological polar surface area (TPSA) is 72.3 Å². The maximum Gasteiger partial charge on any atom is 0.275 e. The standard InChI is InChI=1S/C14H23N5O2/c1-18(9-12-3-2-8-21-12)14(20)13-10-19(17-16-13)11-4-6-15-7-5-11/h10-12,15H,2-9H2,1H3. The van der Waals surface area contributed by atoms with Crippen molar-refractivity contribution in [1.82, 2.24) is 25.2 Å². The van der Waals surface area contributed by atoms with Gasteiger partial charge >= 0.3 is 0 Å². The van der Waals surface area contributed by atoms with Gasteiger partial charge in [-0.05, 0) is 38.8 Å². The SMILES string of the molecule is CN(CC1CCCO1)C(=O)c1cn(C2CCNCC2)nn1. The lowest BCUT2D eigenvalue weighted by molar-refractivity contribution is 0.0582. The Morgan fingerprint density at radius 2 is 2.29 bits per heavy atom. The van der Waals surface area contributed by atoms with E-state index in [1.807, 2.05) is 4.68 Å². The van der Waals surface area contributed by atoms with E-state index in [1.165, 1.54) is 0 Å². The van der Waals surface area contributed by atoms with E-state index in [0.717, 1.165) is 45.4 Å². The van der Waals surface area contributed by atoms with Crippen LogP contribution in [0.1, 0.15) is 42.2 Å². The van der Waals surface area contributed by atoms with Crippen LogP contribution in [0.2, 0.25) is 0 Å². The molecule has 0 radical (unpaired) electrons. The van der Waals surface area contributed by atoms with Gasteiger partial charge in [-0.3, -0.25) is 4.79 Å². The molecule has 3 heterocycles. The van der Waals surface area contributed by atoms with Gasteiger partial charge in [0, 0.05) is 20.2 Å². The zero-order chi connectivity index (χ0) is 14.7. The van der Waals surface area contributed by atoms with E-state index in [9.17, 15) is 4.79 Å². The molecule has 1 unspecified atom stereocenters. The number of amides is 1. The van der Waals surface area contributed by atoms with Gasteiger partial charge in [-0.15, -0.1) is 5.10 Å². The number of hydrogen-bond acceptors (Lipinski definition) is 5. The molecule has 1 aromatic heterocycles. The summed E-state index contributed by atoms with van der Waals surface area (Å²) in [5.74, 6) is -0.0781. The zero-order valence-corrected chi connectivity index (χ0v) is 12.5. The molecule has 0 saturated carbocycles. The van der Waals surface area contributed by atoms with Crippen LogP contribution in [-0.2, 0) is 4.74 Å². The van der Waals surface area contributed by atoms with Crippen LogP contribution in [0.5, 0.6) is 0 Å². The number of carbonyl (C=O) groups excluding carboxylic acids is 1. The van der Waals surface area contributed by atoms with E-state index >= 15 is 0 Å². The Hall–Kier alpha value is -1.47. The maximum absolute atomic E-state index is 12.4. The van der Waals surface area contributed by atoms with Crippen molar-refractivity contribution in [3.05, 3.63) is 11.9 Å². The lowest BCUT2D eigenvalue weighted by Gasteiger charge is -2.22. The molecule has 7 nitrogen and oxygen atoms in total. The van der Waals surface area contributed by atoms with Gasteiger partial charge in [-0.1, -0.05) is 5.21 Å². The van der Waals surface area contributed by atoms with Gasteiger partial charge in [0.25, 0.3) is 5.91 Å². The van der Waals surface area contributed by atoms with E-state index in [-0.39, 0.29) is 12.0 Å². The van der Waals surface area contributed by atoms with E-state index in [1.54, 1.807) is 18.1 Å². The number of hydrogen-bond donors (Lipinski definition) is 1. The fraction of sp³-hybridized carbons (Fsp3) is 0.786. The molecule has 2 fully saturated rings. The third-order valence-electron chi connectivity index (χ3n) is 4.26. The first kappa shape index (κ1) is 14.5. The summed E-state index contributed by atoms with van der Waals surface area (Å²) in [6.45, 7) is 3.41. The highest BCUT2D eigenvalue weighted by molar-refractivity contribution is 5.91. The molecule has 1 atom stereocenters. The third-order valence-corrected chi connectivity index (χ3v) is 4.26. The smallest absolute Gasteiger partial charge is 0.275 e. The molecule has 2 aliphatic rings. The Morgan fingerprint density at radius 3 is 3.00 bits per heavy atom. The van der Waals surface area contributed by atoms with Crippen LogP contribution >= 0.6 is 0 Å². The Bertz CT molecular complexity index is 477. The molecule has 0 bridgehead atoms. The van der Waals surface area contributed by atoms with Crippen LogP contribution in [0.15, 0.2) is 6.20 Å². The molecule has 1 amide bonds. The Kier molecular flexibility index (Phi) is 4.50. The van der Waals surface area contributed by atoms with Gasteiger partial charge in [-0.2, -0.15) is 0 Å². The molecular formula is C14H23N5O2. The van der Waals surface area contributed by atoms with E-state index in [4.69, 9.17) is 4.74 Å². The van der Waals surface area contributed by atoms with Crippen molar-refractivity contribution < 1.29 is 9.53 Å². The van der Waals surface area contributed by atoms with Crippen LogP contribution in [0.25, 0.3) is 0 Å². The second-order valence-corrected chi connectivity index (χ2v) is 5.89. The summed E-state index contributed by atoms with van der Waals surface area (Å²) in [5, 5.41) is 11.5. The van der Waals surface area contributed by atoms with Crippen molar-refractivity contribution in [2.75, 3.05) is 33.3 Å². The van der Waals surface area contributed by atoms with Gasteiger partial charge < -0.3 is 15.0 Å². The number of aromatic nitrogens is 3. The van der Waals surface area contributed by atoms with Crippen LogP contribution in [0, 0.1) is 0 Å². The quantitative estimate of drug-likeness (QED) is 0.873. The van der Waals surface area contributed by atoms with Gasteiger partial charge in [0.15, 0.2) is 5.69 Å². The third kappa shape index (κ3) is 3.41. The first-order valence-electron chi connectivity index (χ1n) is 7.73. The predicted octanol–water partition coefficient (Wildman–Crippen LogP) is 0.454. The fourth-order valence-electron chi connectivity index (χ4n) is 3.00. The largest absolute Gasteiger partial charge is 0.376 e. The Balaban J connectivity index is 1.60. The first-order chi connectivity index (χ1) is 10.2. The summed E-state index contributed by atoms with van der Waals surface area (Å²) in [5.41, 5.74) is 0.425. The van der Waals surface area contributed by atoms with Gasteiger partial charge in [0.05, 0.1) is 18.3 Å². The van der Waals surface area contributed by atoms with Crippen LogP contribution in [-0.4, -0.2) is 65.2 Å². The molecule has 0 aliphatic carbocycles. The molecule has 3 rings (SSSR count). The van der Waals surface area contributed by atoms with Gasteiger partial charge in [0.1, 0.15) is 0 Å². The molecule has 21 heavy (non-hydrogen) atoms. The van der Waals surface area contributed by atoms with Crippen molar-refractivity contribution in [3.8, 4) is 0 Å². The summed E-state index contributed by atoms with van der Waals surface area (Å²) >= 11 is 0. The molecule has 2 saturated heterocycles. The molecule has 2 aliphatic heterocycles. The van der Waals surface area contributed by atoms with E-state index < -0.39 is 0 Å². The average Bonchev–Trinajstić information content (AvgIpc) is 3.18. The predicted molar refractivity (Wildman–Crippen MR) is 77.1 cm³/mol. The summed E-state index contributed by atoms with van der Waals surface area (Å²) < 4.78 is 7.41. The minimum absolute atomic E-state index is 0.0781. The number of piperidine rings is 1. The number of rotatable bonds is 4. The van der Waals surface area contributed by atoms with Gasteiger partial charge in [-0.25, -0.2) is 4.68 Å². The van der Waals surface area contributed by atoms with Crippen LogP contribution in [0.3, 0.4) is 0 Å². The highest BCUT2D eigenvalue weighted by Crippen LogP contribution is 2.18. The average molecular weight is 293 g/mol. The maximum atomic E-state index is 12.4. The van der Waals surface area contributed by atoms with Crippen molar-refractivity contribution in [2.24, 2.45) is 0 Å². The molecule has 1 N–H and O–H groups in total. The minimum Gasteiger partial charge on any atom is -0.376 e. The number of nitrogens with one attached hydrogen (secondary N) is 1. The summed E-state index contributed by atoms with van der Waals surface area (Å²) in [4.78, 5) is 14.1. The number of carbonyl (C=O) groups is 1. The Morgan fingerprint density at radius 1 is 1.48 bits per heavy atom.